The van der Waals surface area contributed by atoms with E-state index in [-0.39, 0.29) is 11.9 Å². The molecular weight excluding hydrogens is 283 g/mol. The van der Waals surface area contributed by atoms with Crippen molar-refractivity contribution in [3.8, 4) is 0 Å². The highest BCUT2D eigenvalue weighted by atomic mass is 35.5. The van der Waals surface area contributed by atoms with Gasteiger partial charge in [0.05, 0.1) is 0 Å². The van der Waals surface area contributed by atoms with Gasteiger partial charge in [0, 0.05) is 22.1 Å². The number of benzene rings is 1. The molecule has 0 bridgehead atoms. The van der Waals surface area contributed by atoms with E-state index >= 15 is 0 Å². The highest BCUT2D eigenvalue weighted by Crippen LogP contribution is 2.30. The average molecular weight is 303 g/mol. The van der Waals surface area contributed by atoms with Gasteiger partial charge in [0.25, 0.3) is 0 Å². The third kappa shape index (κ3) is 4.63. The van der Waals surface area contributed by atoms with Crippen LogP contribution in [0.3, 0.4) is 0 Å². The minimum Gasteiger partial charge on any atom is -0.271 e. The summed E-state index contributed by atoms with van der Waals surface area (Å²) in [5.74, 6) is 6.24. The maximum Gasteiger partial charge on any atom is 0.127 e. The predicted octanol–water partition coefficient (Wildman–Crippen LogP) is 3.53. The molecule has 1 saturated carbocycles. The summed E-state index contributed by atoms with van der Waals surface area (Å²) in [6.45, 7) is 0. The Balaban J connectivity index is 1.86. The zero-order chi connectivity index (χ0) is 13.7. The first-order valence-corrected chi connectivity index (χ1v) is 8.13. The first-order valence-electron chi connectivity index (χ1n) is 6.70. The molecule has 0 heterocycles. The van der Waals surface area contributed by atoms with E-state index in [1.54, 1.807) is 12.1 Å². The third-order valence-corrected chi connectivity index (χ3v) is 5.33. The maximum atomic E-state index is 13.7. The molecule has 0 aromatic heterocycles. The van der Waals surface area contributed by atoms with Crippen molar-refractivity contribution in [2.45, 2.75) is 43.4 Å². The lowest BCUT2D eigenvalue weighted by molar-refractivity contribution is 0.546. The number of thioether (sulfide) groups is 1. The highest BCUT2D eigenvalue weighted by molar-refractivity contribution is 7.99. The van der Waals surface area contributed by atoms with Crippen LogP contribution in [0.4, 0.5) is 4.39 Å². The topological polar surface area (TPSA) is 38.0 Å². The molecule has 1 aromatic rings. The van der Waals surface area contributed by atoms with E-state index in [1.807, 2.05) is 11.8 Å². The van der Waals surface area contributed by atoms with Gasteiger partial charge in [0.2, 0.25) is 0 Å². The number of hydrogen-bond donors (Lipinski definition) is 2. The second-order valence-corrected chi connectivity index (χ2v) is 6.81. The van der Waals surface area contributed by atoms with Crippen molar-refractivity contribution < 1.29 is 4.39 Å². The molecule has 0 spiro atoms. The number of hydrogen-bond acceptors (Lipinski definition) is 3. The van der Waals surface area contributed by atoms with E-state index in [1.165, 1.54) is 31.7 Å². The molecule has 106 valence electrons. The van der Waals surface area contributed by atoms with Crippen LogP contribution in [-0.2, 0) is 6.42 Å². The molecular formula is C14H20ClFN2S. The Labute approximate surface area is 123 Å². The Morgan fingerprint density at radius 2 is 2.16 bits per heavy atom. The Bertz CT molecular complexity index is 410. The molecule has 1 unspecified atom stereocenters. The van der Waals surface area contributed by atoms with Gasteiger partial charge in [0.15, 0.2) is 0 Å². The molecule has 19 heavy (non-hydrogen) atoms. The molecule has 0 aliphatic heterocycles. The quantitative estimate of drug-likeness (QED) is 0.623. The molecule has 1 aliphatic rings. The second kappa shape index (κ2) is 7.48. The summed E-state index contributed by atoms with van der Waals surface area (Å²) in [7, 11) is 0. The van der Waals surface area contributed by atoms with Gasteiger partial charge in [-0.2, -0.15) is 11.8 Å². The first kappa shape index (κ1) is 15.1. The minimum atomic E-state index is -0.251. The molecule has 0 amide bonds. The van der Waals surface area contributed by atoms with Crippen molar-refractivity contribution in [1.29, 1.82) is 0 Å². The normalized spacial score (nSPS) is 17.8. The van der Waals surface area contributed by atoms with Crippen molar-refractivity contribution in [3.05, 3.63) is 34.6 Å². The van der Waals surface area contributed by atoms with Gasteiger partial charge in [-0.25, -0.2) is 4.39 Å². The molecule has 3 N–H and O–H groups in total. The van der Waals surface area contributed by atoms with Crippen molar-refractivity contribution in [3.63, 3.8) is 0 Å². The number of nitrogens with two attached hydrogens (primary N) is 1. The van der Waals surface area contributed by atoms with E-state index in [0.717, 1.165) is 11.0 Å². The largest absolute Gasteiger partial charge is 0.271 e. The molecule has 0 radical (unpaired) electrons. The first-order chi connectivity index (χ1) is 9.19. The monoisotopic (exact) mass is 302 g/mol. The Morgan fingerprint density at radius 3 is 2.79 bits per heavy atom. The molecule has 1 aliphatic carbocycles. The fourth-order valence-corrected chi connectivity index (χ4v) is 3.97. The molecule has 1 atom stereocenters. The lowest BCUT2D eigenvalue weighted by Gasteiger charge is -2.18. The third-order valence-electron chi connectivity index (χ3n) is 3.55. The number of hydrazine groups is 1. The summed E-state index contributed by atoms with van der Waals surface area (Å²) < 4.78 is 13.7. The maximum absolute atomic E-state index is 13.7. The molecule has 2 rings (SSSR count). The van der Waals surface area contributed by atoms with Crippen molar-refractivity contribution in [2.75, 3.05) is 5.75 Å². The lowest BCUT2D eigenvalue weighted by atomic mass is 10.1. The Morgan fingerprint density at radius 1 is 1.42 bits per heavy atom. The molecule has 0 saturated heterocycles. The van der Waals surface area contributed by atoms with Crippen molar-refractivity contribution >= 4 is 23.4 Å². The summed E-state index contributed by atoms with van der Waals surface area (Å²) in [4.78, 5) is 0. The zero-order valence-corrected chi connectivity index (χ0v) is 12.4. The zero-order valence-electron chi connectivity index (χ0n) is 10.9. The van der Waals surface area contributed by atoms with Crippen LogP contribution in [0.25, 0.3) is 0 Å². The van der Waals surface area contributed by atoms with Crippen LogP contribution < -0.4 is 11.3 Å². The molecule has 2 nitrogen and oxygen atoms in total. The van der Waals surface area contributed by atoms with Gasteiger partial charge >= 0.3 is 0 Å². The van der Waals surface area contributed by atoms with E-state index in [2.05, 4.69) is 5.43 Å². The van der Waals surface area contributed by atoms with Crippen molar-refractivity contribution in [2.24, 2.45) is 5.84 Å². The highest BCUT2D eigenvalue weighted by Gasteiger charge is 2.18. The minimum absolute atomic E-state index is 0.0984. The summed E-state index contributed by atoms with van der Waals surface area (Å²) >= 11 is 7.70. The van der Waals surface area contributed by atoms with Crippen LogP contribution in [0.1, 0.15) is 31.2 Å². The Hall–Kier alpha value is -0.290. The fourth-order valence-electron chi connectivity index (χ4n) is 2.43. The van der Waals surface area contributed by atoms with Gasteiger partial charge in [-0.15, -0.1) is 0 Å². The van der Waals surface area contributed by atoms with Crippen LogP contribution in [0.5, 0.6) is 0 Å². The van der Waals surface area contributed by atoms with E-state index in [4.69, 9.17) is 17.4 Å². The molecule has 5 heteroatoms. The van der Waals surface area contributed by atoms with Crippen molar-refractivity contribution in [1.82, 2.24) is 5.43 Å². The van der Waals surface area contributed by atoms with E-state index < -0.39 is 0 Å². The summed E-state index contributed by atoms with van der Waals surface area (Å²) in [6.07, 6.45) is 5.88. The van der Waals surface area contributed by atoms with Crippen LogP contribution in [0.2, 0.25) is 5.02 Å². The molecule has 1 aromatic carbocycles. The number of halogens is 2. The lowest BCUT2D eigenvalue weighted by Crippen LogP contribution is -2.39. The summed E-state index contributed by atoms with van der Waals surface area (Å²) in [6, 6.07) is 4.91. The van der Waals surface area contributed by atoms with Gasteiger partial charge < -0.3 is 0 Å². The van der Waals surface area contributed by atoms with Gasteiger partial charge in [0.1, 0.15) is 5.82 Å². The van der Waals surface area contributed by atoms with E-state index in [9.17, 15) is 4.39 Å². The molecule has 1 fully saturated rings. The SMILES string of the molecule is NNC(CSC1CCCC1)Cc1ccc(Cl)cc1F. The van der Waals surface area contributed by atoms with Gasteiger partial charge in [-0.05, 0) is 37.0 Å². The van der Waals surface area contributed by atoms with Gasteiger partial charge in [-0.3, -0.25) is 11.3 Å². The fraction of sp³-hybridized carbons (Fsp3) is 0.571. The van der Waals surface area contributed by atoms with Crippen LogP contribution >= 0.6 is 23.4 Å². The number of rotatable bonds is 6. The van der Waals surface area contributed by atoms with E-state index in [0.29, 0.717) is 17.0 Å². The second-order valence-electron chi connectivity index (χ2n) is 5.04. The average Bonchev–Trinajstić information content (AvgIpc) is 2.90. The summed E-state index contributed by atoms with van der Waals surface area (Å²) in [5, 5.41) is 1.18. The predicted molar refractivity (Wildman–Crippen MR) is 80.9 cm³/mol. The Kier molecular flexibility index (Phi) is 5.95. The van der Waals surface area contributed by atoms with Crippen LogP contribution in [0, 0.1) is 5.82 Å². The number of nitrogens with one attached hydrogen (secondary N) is 1. The smallest absolute Gasteiger partial charge is 0.127 e. The summed E-state index contributed by atoms with van der Waals surface area (Å²) in [5.41, 5.74) is 3.46. The van der Waals surface area contributed by atoms with Gasteiger partial charge in [-0.1, -0.05) is 30.5 Å². The standard InChI is InChI=1S/C14H20ClFN2S/c15-11-6-5-10(14(16)8-11)7-12(18-17)9-19-13-3-1-2-4-13/h5-6,8,12-13,18H,1-4,7,9,17H2. The van der Waals surface area contributed by atoms with Crippen LogP contribution in [-0.4, -0.2) is 17.0 Å². The van der Waals surface area contributed by atoms with Crippen LogP contribution in [0.15, 0.2) is 18.2 Å².